The van der Waals surface area contributed by atoms with E-state index in [0.29, 0.717) is 20.9 Å². The number of anilines is 1. The number of hydrogen-bond donors (Lipinski definition) is 0. The van der Waals surface area contributed by atoms with Crippen molar-refractivity contribution in [1.82, 2.24) is 0 Å². The van der Waals surface area contributed by atoms with E-state index in [1.165, 1.54) is 11.8 Å². The Balaban J connectivity index is 2.09. The monoisotopic (exact) mass is 420 g/mol. The highest BCUT2D eigenvalue weighted by Crippen LogP contribution is 2.44. The topological polar surface area (TPSA) is 66.8 Å². The van der Waals surface area contributed by atoms with Gasteiger partial charge in [0.25, 0.3) is 5.91 Å². The standard InChI is InChI=1S/C16H18Cl2N2O3S2/c1-16(2,3)14(21)19-15-20(10-6-4-5-9(17)13(10)18)11-7-25(22,23)8-12(11)24-15/h4-6,11-12H,7-8H2,1-3H3. The third-order valence-electron chi connectivity index (χ3n) is 4.10. The van der Waals surface area contributed by atoms with Crippen molar-refractivity contribution >= 4 is 61.6 Å². The fourth-order valence-electron chi connectivity index (χ4n) is 2.78. The van der Waals surface area contributed by atoms with Crippen LogP contribution in [0.1, 0.15) is 20.8 Å². The lowest BCUT2D eigenvalue weighted by molar-refractivity contribution is -0.124. The van der Waals surface area contributed by atoms with Gasteiger partial charge in [-0.3, -0.25) is 4.79 Å². The van der Waals surface area contributed by atoms with Gasteiger partial charge in [-0.1, -0.05) is 61.8 Å². The molecule has 0 aliphatic carbocycles. The SMILES string of the molecule is CC(C)(C)C(=O)N=C1SC2CS(=O)(=O)CC2N1c1cccc(Cl)c1Cl. The van der Waals surface area contributed by atoms with E-state index in [4.69, 9.17) is 23.2 Å². The first kappa shape index (κ1) is 19.0. The second-order valence-corrected chi connectivity index (χ2v) is 11.3. The number of thioether (sulfide) groups is 1. The molecule has 0 N–H and O–H groups in total. The molecular weight excluding hydrogens is 403 g/mol. The summed E-state index contributed by atoms with van der Waals surface area (Å²) in [4.78, 5) is 18.4. The van der Waals surface area contributed by atoms with Crippen LogP contribution in [-0.2, 0) is 14.6 Å². The molecule has 2 unspecified atom stereocenters. The average Bonchev–Trinajstić information content (AvgIpc) is 2.92. The number of rotatable bonds is 1. The zero-order chi connectivity index (χ0) is 18.6. The van der Waals surface area contributed by atoms with Crippen molar-refractivity contribution in [3.63, 3.8) is 0 Å². The molecule has 2 saturated heterocycles. The van der Waals surface area contributed by atoms with Crippen molar-refractivity contribution in [3.05, 3.63) is 28.2 Å². The number of amidine groups is 1. The summed E-state index contributed by atoms with van der Waals surface area (Å²) in [6.07, 6.45) is 0. The van der Waals surface area contributed by atoms with Gasteiger partial charge in [-0.25, -0.2) is 8.42 Å². The van der Waals surface area contributed by atoms with E-state index >= 15 is 0 Å². The van der Waals surface area contributed by atoms with Gasteiger partial charge in [0.2, 0.25) is 0 Å². The lowest BCUT2D eigenvalue weighted by Gasteiger charge is -2.26. The fourth-order valence-corrected chi connectivity index (χ4v) is 7.07. The average molecular weight is 421 g/mol. The van der Waals surface area contributed by atoms with Crippen LogP contribution in [0.3, 0.4) is 0 Å². The minimum absolute atomic E-state index is 0.0102. The van der Waals surface area contributed by atoms with Crippen LogP contribution in [-0.4, -0.2) is 42.3 Å². The van der Waals surface area contributed by atoms with Crippen LogP contribution in [0, 0.1) is 5.41 Å². The summed E-state index contributed by atoms with van der Waals surface area (Å²) in [5.41, 5.74) is -0.0482. The van der Waals surface area contributed by atoms with Gasteiger partial charge in [0.1, 0.15) is 0 Å². The molecule has 25 heavy (non-hydrogen) atoms. The van der Waals surface area contributed by atoms with Gasteiger partial charge in [0, 0.05) is 10.7 Å². The lowest BCUT2D eigenvalue weighted by atomic mass is 9.96. The van der Waals surface area contributed by atoms with E-state index < -0.39 is 15.3 Å². The number of hydrogen-bond acceptors (Lipinski definition) is 4. The molecule has 2 atom stereocenters. The first-order chi connectivity index (χ1) is 11.5. The normalized spacial score (nSPS) is 26.9. The predicted octanol–water partition coefficient (Wildman–Crippen LogP) is 3.64. The van der Waals surface area contributed by atoms with Gasteiger partial charge in [-0.2, -0.15) is 4.99 Å². The second-order valence-electron chi connectivity index (χ2n) is 7.19. The molecule has 0 saturated carbocycles. The minimum Gasteiger partial charge on any atom is -0.314 e. The molecule has 0 spiro atoms. The summed E-state index contributed by atoms with van der Waals surface area (Å²) in [6, 6.07) is 4.86. The zero-order valence-corrected chi connectivity index (χ0v) is 17.1. The van der Waals surface area contributed by atoms with E-state index in [1.807, 2.05) is 0 Å². The number of fused-ring (bicyclic) bond motifs is 1. The Morgan fingerprint density at radius 2 is 1.96 bits per heavy atom. The maximum absolute atomic E-state index is 12.4. The number of benzene rings is 1. The summed E-state index contributed by atoms with van der Waals surface area (Å²) >= 11 is 13.8. The molecular formula is C16H18Cl2N2O3S2. The molecule has 2 fully saturated rings. The molecule has 136 valence electrons. The van der Waals surface area contributed by atoms with E-state index in [0.717, 1.165) is 0 Å². The Kier molecular flexibility index (Phi) is 4.90. The molecule has 0 aromatic heterocycles. The summed E-state index contributed by atoms with van der Waals surface area (Å²) < 4.78 is 24.1. The van der Waals surface area contributed by atoms with Crippen LogP contribution in [0.5, 0.6) is 0 Å². The lowest BCUT2D eigenvalue weighted by Crippen LogP contribution is -2.38. The smallest absolute Gasteiger partial charge is 0.253 e. The van der Waals surface area contributed by atoms with Crippen LogP contribution in [0.15, 0.2) is 23.2 Å². The minimum atomic E-state index is -3.13. The molecule has 9 heteroatoms. The van der Waals surface area contributed by atoms with Crippen molar-refractivity contribution in [2.24, 2.45) is 10.4 Å². The number of aliphatic imine (C=N–C) groups is 1. The Morgan fingerprint density at radius 3 is 2.60 bits per heavy atom. The number of carbonyl (C=O) groups is 1. The molecule has 1 aromatic carbocycles. The molecule has 0 bridgehead atoms. The Bertz CT molecular complexity index is 863. The van der Waals surface area contributed by atoms with Crippen molar-refractivity contribution in [1.29, 1.82) is 0 Å². The summed E-state index contributed by atoms with van der Waals surface area (Å²) in [5, 5.41) is 1.00. The van der Waals surface area contributed by atoms with E-state index in [2.05, 4.69) is 4.99 Å². The Labute approximate surface area is 161 Å². The molecule has 0 radical (unpaired) electrons. The number of carbonyl (C=O) groups excluding carboxylic acids is 1. The quantitative estimate of drug-likeness (QED) is 0.693. The number of sulfone groups is 1. The van der Waals surface area contributed by atoms with Gasteiger partial charge in [-0.15, -0.1) is 0 Å². The maximum Gasteiger partial charge on any atom is 0.253 e. The van der Waals surface area contributed by atoms with E-state index in [9.17, 15) is 13.2 Å². The third-order valence-corrected chi connectivity index (χ3v) is 8.11. The second kappa shape index (κ2) is 6.44. The van der Waals surface area contributed by atoms with Gasteiger partial charge >= 0.3 is 0 Å². The number of nitrogens with zero attached hydrogens (tertiary/aromatic N) is 2. The Hall–Kier alpha value is -0.760. The predicted molar refractivity (Wildman–Crippen MR) is 105 cm³/mol. The first-order valence-corrected chi connectivity index (χ1v) is 11.2. The molecule has 2 aliphatic rings. The van der Waals surface area contributed by atoms with Crippen LogP contribution in [0.2, 0.25) is 10.0 Å². The number of amides is 1. The van der Waals surface area contributed by atoms with Gasteiger partial charge < -0.3 is 4.90 Å². The molecule has 2 heterocycles. The van der Waals surface area contributed by atoms with Crippen molar-refractivity contribution in [2.75, 3.05) is 16.4 Å². The Morgan fingerprint density at radius 1 is 1.28 bits per heavy atom. The fraction of sp³-hybridized carbons (Fsp3) is 0.500. The van der Waals surface area contributed by atoms with Crippen molar-refractivity contribution in [2.45, 2.75) is 32.1 Å². The van der Waals surface area contributed by atoms with Crippen LogP contribution < -0.4 is 4.90 Å². The number of halogens is 2. The molecule has 3 rings (SSSR count). The largest absolute Gasteiger partial charge is 0.314 e. The first-order valence-electron chi connectivity index (χ1n) is 7.73. The van der Waals surface area contributed by atoms with E-state index in [-0.39, 0.29) is 28.7 Å². The van der Waals surface area contributed by atoms with Crippen LogP contribution in [0.4, 0.5) is 5.69 Å². The van der Waals surface area contributed by atoms with E-state index in [1.54, 1.807) is 43.9 Å². The zero-order valence-electron chi connectivity index (χ0n) is 14.0. The summed E-state index contributed by atoms with van der Waals surface area (Å²) in [7, 11) is -3.13. The van der Waals surface area contributed by atoms with Crippen LogP contribution in [0.25, 0.3) is 0 Å². The van der Waals surface area contributed by atoms with Gasteiger partial charge in [-0.05, 0) is 12.1 Å². The highest BCUT2D eigenvalue weighted by Gasteiger charge is 2.50. The maximum atomic E-state index is 12.4. The summed E-state index contributed by atoms with van der Waals surface area (Å²) in [6.45, 7) is 5.38. The highest BCUT2D eigenvalue weighted by atomic mass is 35.5. The highest BCUT2D eigenvalue weighted by molar-refractivity contribution is 8.16. The third kappa shape index (κ3) is 3.70. The van der Waals surface area contributed by atoms with Crippen LogP contribution >= 0.6 is 35.0 Å². The van der Waals surface area contributed by atoms with Crippen molar-refractivity contribution < 1.29 is 13.2 Å². The molecule has 1 amide bonds. The summed E-state index contributed by atoms with van der Waals surface area (Å²) in [5.74, 6) is -0.184. The van der Waals surface area contributed by atoms with Gasteiger partial charge in [0.15, 0.2) is 15.0 Å². The molecule has 5 nitrogen and oxygen atoms in total. The van der Waals surface area contributed by atoms with Gasteiger partial charge in [0.05, 0.1) is 33.3 Å². The molecule has 2 aliphatic heterocycles. The molecule has 1 aromatic rings. The van der Waals surface area contributed by atoms with Crippen molar-refractivity contribution in [3.8, 4) is 0 Å².